The zero-order chi connectivity index (χ0) is 25.2. The van der Waals surface area contributed by atoms with E-state index in [-0.39, 0.29) is 22.7 Å². The van der Waals surface area contributed by atoms with Gasteiger partial charge in [-0.1, -0.05) is 5.46 Å². The summed E-state index contributed by atoms with van der Waals surface area (Å²) in [5.41, 5.74) is 0.937. The number of halogens is 2. The van der Waals surface area contributed by atoms with Gasteiger partial charge in [0.05, 0.1) is 5.52 Å². The van der Waals surface area contributed by atoms with Crippen LogP contribution in [0, 0.1) is 11.6 Å². The van der Waals surface area contributed by atoms with E-state index in [2.05, 4.69) is 37.5 Å². The van der Waals surface area contributed by atoms with Gasteiger partial charge in [0, 0.05) is 17.8 Å². The first-order chi connectivity index (χ1) is 17.4. The molecule has 5 rings (SSSR count). The van der Waals surface area contributed by atoms with Crippen molar-refractivity contribution < 1.29 is 13.5 Å². The highest BCUT2D eigenvalue weighted by Gasteiger charge is 2.19. The molecule has 0 bridgehead atoms. The van der Waals surface area contributed by atoms with Gasteiger partial charge < -0.3 is 25.3 Å². The molecular weight excluding hydrogens is 465 g/mol. The van der Waals surface area contributed by atoms with Gasteiger partial charge in [0.25, 0.3) is 5.56 Å². The van der Waals surface area contributed by atoms with Crippen molar-refractivity contribution >= 4 is 41.7 Å². The number of rotatable bonds is 6. The molecule has 0 spiro atoms. The monoisotopic (exact) mass is 488 g/mol. The standard InChI is InChI=1S/C25H23BF2N6O2/c1-34-10-8-15(9-11-34)31-25-32-22-18(26)13-29-24(35)21(22)23(33-25)30-14-2-4-16(5-3-14)36-17-6-7-19(27)20(28)12-17/h2-7,12-13,15H,8-11H2,1H3,(H,29,35)(H2,30,31,32,33). The number of nitrogens with zero attached hydrogens (tertiary/aromatic N) is 3. The van der Waals surface area contributed by atoms with Crippen LogP contribution in [-0.4, -0.2) is 53.9 Å². The van der Waals surface area contributed by atoms with Crippen LogP contribution in [0.15, 0.2) is 53.5 Å². The van der Waals surface area contributed by atoms with Crippen molar-refractivity contribution in [2.24, 2.45) is 0 Å². The van der Waals surface area contributed by atoms with Gasteiger partial charge >= 0.3 is 0 Å². The lowest BCUT2D eigenvalue weighted by Gasteiger charge is -2.29. The lowest BCUT2D eigenvalue weighted by Crippen LogP contribution is -2.37. The molecule has 3 N–H and O–H groups in total. The Morgan fingerprint density at radius 3 is 2.50 bits per heavy atom. The maximum atomic E-state index is 13.5. The minimum Gasteiger partial charge on any atom is -0.457 e. The number of nitrogens with one attached hydrogen (secondary N) is 3. The van der Waals surface area contributed by atoms with Crippen LogP contribution < -0.4 is 26.4 Å². The maximum Gasteiger partial charge on any atom is 0.261 e. The maximum absolute atomic E-state index is 13.5. The molecule has 1 fully saturated rings. The lowest BCUT2D eigenvalue weighted by molar-refractivity contribution is 0.263. The summed E-state index contributed by atoms with van der Waals surface area (Å²) in [6.07, 6.45) is 3.32. The van der Waals surface area contributed by atoms with E-state index in [0.717, 1.165) is 38.1 Å². The number of ether oxygens (including phenoxy) is 1. The first-order valence-corrected chi connectivity index (χ1v) is 11.5. The molecule has 2 radical (unpaired) electrons. The number of H-pyrrole nitrogens is 1. The van der Waals surface area contributed by atoms with Gasteiger partial charge in [0.1, 0.15) is 30.5 Å². The van der Waals surface area contributed by atoms with Crippen molar-refractivity contribution in [3.05, 3.63) is 70.6 Å². The Labute approximate surface area is 207 Å². The predicted octanol–water partition coefficient (Wildman–Crippen LogP) is 3.43. The molecule has 182 valence electrons. The van der Waals surface area contributed by atoms with Gasteiger partial charge in [0.15, 0.2) is 11.6 Å². The average Bonchev–Trinajstić information content (AvgIpc) is 2.86. The normalized spacial score (nSPS) is 14.6. The van der Waals surface area contributed by atoms with Crippen molar-refractivity contribution in [2.45, 2.75) is 18.9 Å². The molecule has 0 aliphatic carbocycles. The Balaban J connectivity index is 1.41. The van der Waals surface area contributed by atoms with Crippen molar-refractivity contribution in [3.8, 4) is 11.5 Å². The van der Waals surface area contributed by atoms with Crippen LogP contribution in [0.1, 0.15) is 12.8 Å². The van der Waals surface area contributed by atoms with E-state index < -0.39 is 11.6 Å². The van der Waals surface area contributed by atoms with Crippen LogP contribution >= 0.6 is 0 Å². The van der Waals surface area contributed by atoms with Crippen molar-refractivity contribution in [3.63, 3.8) is 0 Å². The Morgan fingerprint density at radius 1 is 1.06 bits per heavy atom. The highest BCUT2D eigenvalue weighted by atomic mass is 19.2. The molecule has 0 atom stereocenters. The number of likely N-dealkylation sites (tertiary alicyclic amines) is 1. The first-order valence-electron chi connectivity index (χ1n) is 11.5. The van der Waals surface area contributed by atoms with Crippen molar-refractivity contribution in [1.29, 1.82) is 0 Å². The summed E-state index contributed by atoms with van der Waals surface area (Å²) >= 11 is 0. The third-order valence-corrected chi connectivity index (χ3v) is 6.06. The lowest BCUT2D eigenvalue weighted by atomic mass is 9.96. The fourth-order valence-electron chi connectivity index (χ4n) is 4.08. The molecule has 0 saturated carbocycles. The number of fused-ring (bicyclic) bond motifs is 1. The number of pyridine rings is 1. The molecule has 36 heavy (non-hydrogen) atoms. The minimum atomic E-state index is -0.990. The second-order valence-corrected chi connectivity index (χ2v) is 8.74. The fourth-order valence-corrected chi connectivity index (χ4v) is 4.08. The summed E-state index contributed by atoms with van der Waals surface area (Å²) in [5.74, 6) is -0.655. The molecule has 1 aliphatic heterocycles. The molecule has 3 heterocycles. The number of piperidine rings is 1. The molecule has 1 saturated heterocycles. The molecule has 4 aromatic rings. The van der Waals surface area contributed by atoms with Crippen LogP contribution in [0.2, 0.25) is 0 Å². The Hall–Kier alpha value is -3.99. The Kier molecular flexibility index (Phi) is 6.56. The topological polar surface area (TPSA) is 95.2 Å². The fraction of sp³-hybridized carbons (Fsp3) is 0.240. The van der Waals surface area contributed by atoms with Crippen LogP contribution in [0.4, 0.5) is 26.2 Å². The van der Waals surface area contributed by atoms with Gasteiger partial charge in [-0.05, 0) is 75.6 Å². The number of benzene rings is 2. The Bertz CT molecular complexity index is 1460. The minimum absolute atomic E-state index is 0.169. The SMILES string of the molecule is [B]c1c[nH]c(=O)c2c(Nc3ccc(Oc4ccc(F)c(F)c4)cc3)nc(NC3CCN(C)CC3)nc12. The van der Waals surface area contributed by atoms with E-state index in [9.17, 15) is 13.6 Å². The van der Waals surface area contributed by atoms with Crippen molar-refractivity contribution in [2.75, 3.05) is 30.8 Å². The third kappa shape index (κ3) is 5.15. The summed E-state index contributed by atoms with van der Waals surface area (Å²) in [6.45, 7) is 1.94. The third-order valence-electron chi connectivity index (χ3n) is 6.06. The van der Waals surface area contributed by atoms with E-state index in [1.807, 2.05) is 0 Å². The largest absolute Gasteiger partial charge is 0.457 e. The van der Waals surface area contributed by atoms with Gasteiger partial charge in [-0.2, -0.15) is 4.98 Å². The molecule has 2 aromatic carbocycles. The molecule has 11 heteroatoms. The van der Waals surface area contributed by atoms with Gasteiger partial charge in [-0.3, -0.25) is 4.79 Å². The molecule has 0 amide bonds. The van der Waals surface area contributed by atoms with E-state index in [0.29, 0.717) is 34.2 Å². The number of aromatic nitrogens is 3. The van der Waals surface area contributed by atoms with Gasteiger partial charge in [-0.25, -0.2) is 13.8 Å². The summed E-state index contributed by atoms with van der Waals surface area (Å²) in [6, 6.07) is 10.3. The number of hydrogen-bond donors (Lipinski definition) is 3. The zero-order valence-corrected chi connectivity index (χ0v) is 19.5. The summed E-state index contributed by atoms with van der Waals surface area (Å²) in [5, 5.41) is 6.79. The zero-order valence-electron chi connectivity index (χ0n) is 19.5. The second-order valence-electron chi connectivity index (χ2n) is 8.74. The number of hydrogen-bond acceptors (Lipinski definition) is 7. The Morgan fingerprint density at radius 2 is 1.78 bits per heavy atom. The average molecular weight is 488 g/mol. The van der Waals surface area contributed by atoms with E-state index in [1.165, 1.54) is 12.3 Å². The van der Waals surface area contributed by atoms with Gasteiger partial charge in [0.2, 0.25) is 5.95 Å². The predicted molar refractivity (Wildman–Crippen MR) is 136 cm³/mol. The second kappa shape index (κ2) is 9.94. The number of anilines is 3. The molecule has 0 unspecified atom stereocenters. The summed E-state index contributed by atoms with van der Waals surface area (Å²) < 4.78 is 32.2. The van der Waals surface area contributed by atoms with E-state index >= 15 is 0 Å². The number of aromatic amines is 1. The highest BCUT2D eigenvalue weighted by Crippen LogP contribution is 2.27. The smallest absolute Gasteiger partial charge is 0.261 e. The van der Waals surface area contributed by atoms with Crippen LogP contribution in [-0.2, 0) is 0 Å². The first kappa shape index (κ1) is 23.7. The quantitative estimate of drug-likeness (QED) is 0.358. The van der Waals surface area contributed by atoms with E-state index in [4.69, 9.17) is 12.6 Å². The van der Waals surface area contributed by atoms with E-state index in [1.54, 1.807) is 24.3 Å². The van der Waals surface area contributed by atoms with Crippen LogP contribution in [0.3, 0.4) is 0 Å². The summed E-state index contributed by atoms with van der Waals surface area (Å²) in [7, 11) is 8.22. The van der Waals surface area contributed by atoms with Crippen LogP contribution in [0.5, 0.6) is 11.5 Å². The van der Waals surface area contributed by atoms with Crippen molar-refractivity contribution in [1.82, 2.24) is 19.9 Å². The molecule has 1 aliphatic rings. The molecule has 2 aromatic heterocycles. The van der Waals surface area contributed by atoms with Crippen LogP contribution in [0.25, 0.3) is 10.9 Å². The van der Waals surface area contributed by atoms with Gasteiger partial charge in [-0.15, -0.1) is 0 Å². The summed E-state index contributed by atoms with van der Waals surface area (Å²) in [4.78, 5) is 26.7. The molecular formula is C25H23BF2N6O2. The highest BCUT2D eigenvalue weighted by molar-refractivity contribution is 6.38. The molecule has 8 nitrogen and oxygen atoms in total.